The molecule has 1 unspecified atom stereocenters. The minimum atomic E-state index is -0.578. The summed E-state index contributed by atoms with van der Waals surface area (Å²) in [5.74, 6) is -0.984. The summed E-state index contributed by atoms with van der Waals surface area (Å²) in [5, 5.41) is 23.0. The Bertz CT molecular complexity index is 824. The average Bonchev–Trinajstić information content (AvgIpc) is 3.14. The molecule has 2 aromatic carbocycles. The number of rotatable bonds is 5. The van der Waals surface area contributed by atoms with Crippen molar-refractivity contribution >= 4 is 5.91 Å². The Morgan fingerprint density at radius 2 is 2.04 bits per heavy atom. The van der Waals surface area contributed by atoms with Crippen molar-refractivity contribution in [3.8, 4) is 5.69 Å². The lowest BCUT2D eigenvalue weighted by Gasteiger charge is -2.18. The summed E-state index contributed by atoms with van der Waals surface area (Å²) < 4.78 is 14.7. The summed E-state index contributed by atoms with van der Waals surface area (Å²) >= 11 is 0. The molecule has 0 spiro atoms. The van der Waals surface area contributed by atoms with Gasteiger partial charge in [-0.2, -0.15) is 4.68 Å². The third kappa shape index (κ3) is 3.28. The van der Waals surface area contributed by atoms with E-state index in [-0.39, 0.29) is 17.9 Å². The van der Waals surface area contributed by atoms with Gasteiger partial charge in [-0.15, -0.1) is 5.10 Å². The quantitative estimate of drug-likeness (QED) is 0.736. The van der Waals surface area contributed by atoms with Crippen molar-refractivity contribution in [3.05, 3.63) is 71.8 Å². The molecule has 0 aliphatic carbocycles. The average molecular weight is 327 g/mol. The molecule has 24 heavy (non-hydrogen) atoms. The number of nitrogens with zero attached hydrogens (tertiary/aromatic N) is 4. The Labute approximate surface area is 136 Å². The third-order valence-corrected chi connectivity index (χ3v) is 3.49. The second kappa shape index (κ2) is 6.97. The van der Waals surface area contributed by atoms with Gasteiger partial charge in [0.1, 0.15) is 12.1 Å². The van der Waals surface area contributed by atoms with E-state index in [4.69, 9.17) is 0 Å². The first-order valence-corrected chi connectivity index (χ1v) is 7.18. The first kappa shape index (κ1) is 15.8. The predicted octanol–water partition coefficient (Wildman–Crippen LogP) is 1.26. The zero-order valence-electron chi connectivity index (χ0n) is 12.5. The number of amides is 1. The van der Waals surface area contributed by atoms with Crippen LogP contribution in [0.25, 0.3) is 5.69 Å². The van der Waals surface area contributed by atoms with Crippen LogP contribution in [0, 0.1) is 5.82 Å². The fraction of sp³-hybridized carbons (Fsp3) is 0.125. The number of tetrazole rings is 1. The van der Waals surface area contributed by atoms with Gasteiger partial charge in [0.25, 0.3) is 5.91 Å². The van der Waals surface area contributed by atoms with E-state index in [0.29, 0.717) is 0 Å². The number of hydrogen-bond donors (Lipinski definition) is 2. The Kier molecular flexibility index (Phi) is 4.57. The van der Waals surface area contributed by atoms with Gasteiger partial charge < -0.3 is 10.4 Å². The molecule has 1 amide bonds. The van der Waals surface area contributed by atoms with Crippen LogP contribution in [0.1, 0.15) is 22.0 Å². The lowest BCUT2D eigenvalue weighted by molar-refractivity contribution is 0.0916. The standard InChI is InChI=1S/C16H14FN5O2/c17-12-6-7-13(15(8-12)22-10-18-20-21-22)16(24)19-14(9-23)11-4-2-1-3-5-11/h1-8,10,14,23H,9H2,(H,19,24). The van der Waals surface area contributed by atoms with Crippen LogP contribution < -0.4 is 5.32 Å². The first-order chi connectivity index (χ1) is 11.7. The molecule has 1 atom stereocenters. The first-order valence-electron chi connectivity index (χ1n) is 7.18. The topological polar surface area (TPSA) is 92.9 Å². The SMILES string of the molecule is O=C(NC(CO)c1ccccc1)c1ccc(F)cc1-n1cnnn1. The molecule has 0 radical (unpaired) electrons. The van der Waals surface area contributed by atoms with Gasteiger partial charge in [-0.05, 0) is 28.1 Å². The summed E-state index contributed by atoms with van der Waals surface area (Å²) in [4.78, 5) is 12.6. The Morgan fingerprint density at radius 3 is 2.71 bits per heavy atom. The van der Waals surface area contributed by atoms with Crippen molar-refractivity contribution in [2.45, 2.75) is 6.04 Å². The summed E-state index contributed by atoms with van der Waals surface area (Å²) in [6.07, 6.45) is 1.27. The summed E-state index contributed by atoms with van der Waals surface area (Å²) in [5.41, 5.74) is 1.17. The van der Waals surface area contributed by atoms with Crippen LogP contribution >= 0.6 is 0 Å². The normalized spacial score (nSPS) is 11.9. The third-order valence-electron chi connectivity index (χ3n) is 3.49. The van der Waals surface area contributed by atoms with E-state index in [0.717, 1.165) is 5.56 Å². The Morgan fingerprint density at radius 1 is 1.25 bits per heavy atom. The fourth-order valence-corrected chi connectivity index (χ4v) is 2.31. The van der Waals surface area contributed by atoms with Crippen LogP contribution in [0.2, 0.25) is 0 Å². The van der Waals surface area contributed by atoms with Gasteiger partial charge in [-0.3, -0.25) is 4.79 Å². The monoisotopic (exact) mass is 327 g/mol. The van der Waals surface area contributed by atoms with Crippen LogP contribution in [-0.4, -0.2) is 37.8 Å². The van der Waals surface area contributed by atoms with Crippen LogP contribution in [0.15, 0.2) is 54.9 Å². The maximum atomic E-state index is 13.5. The summed E-state index contributed by atoms with van der Waals surface area (Å²) in [7, 11) is 0. The molecule has 0 saturated carbocycles. The van der Waals surface area contributed by atoms with E-state index in [2.05, 4.69) is 20.8 Å². The highest BCUT2D eigenvalue weighted by atomic mass is 19.1. The van der Waals surface area contributed by atoms with Gasteiger partial charge in [-0.1, -0.05) is 30.3 Å². The lowest BCUT2D eigenvalue weighted by atomic mass is 10.1. The summed E-state index contributed by atoms with van der Waals surface area (Å²) in [6, 6.07) is 12.2. The number of halogens is 1. The Hall–Kier alpha value is -3.13. The maximum Gasteiger partial charge on any atom is 0.254 e. The molecule has 1 aromatic heterocycles. The second-order valence-electron chi connectivity index (χ2n) is 5.04. The number of benzene rings is 2. The van der Waals surface area contributed by atoms with E-state index in [1.54, 1.807) is 12.1 Å². The van der Waals surface area contributed by atoms with Crippen molar-refractivity contribution < 1.29 is 14.3 Å². The van der Waals surface area contributed by atoms with Gasteiger partial charge >= 0.3 is 0 Å². The number of aliphatic hydroxyl groups excluding tert-OH is 1. The van der Waals surface area contributed by atoms with E-state index < -0.39 is 17.8 Å². The Balaban J connectivity index is 1.90. The molecule has 0 aliphatic heterocycles. The lowest BCUT2D eigenvalue weighted by Crippen LogP contribution is -2.31. The number of carbonyl (C=O) groups excluding carboxylic acids is 1. The van der Waals surface area contributed by atoms with E-state index in [1.807, 2.05) is 18.2 Å². The number of carbonyl (C=O) groups is 1. The van der Waals surface area contributed by atoms with Gasteiger partial charge in [0.15, 0.2) is 0 Å². The molecule has 0 aliphatic rings. The highest BCUT2D eigenvalue weighted by molar-refractivity contribution is 5.98. The molecule has 2 N–H and O–H groups in total. The molecule has 0 fully saturated rings. The van der Waals surface area contributed by atoms with Crippen molar-refractivity contribution in [1.29, 1.82) is 0 Å². The van der Waals surface area contributed by atoms with Crippen LogP contribution in [0.5, 0.6) is 0 Å². The molecule has 0 bridgehead atoms. The number of aromatic nitrogens is 4. The minimum absolute atomic E-state index is 0.193. The van der Waals surface area contributed by atoms with E-state index >= 15 is 0 Å². The smallest absolute Gasteiger partial charge is 0.254 e. The molecular weight excluding hydrogens is 313 g/mol. The number of nitrogens with one attached hydrogen (secondary N) is 1. The van der Waals surface area contributed by atoms with Crippen LogP contribution in [0.3, 0.4) is 0 Å². The maximum absolute atomic E-state index is 13.5. The molecule has 1 heterocycles. The molecule has 8 heteroatoms. The molecule has 3 rings (SSSR count). The highest BCUT2D eigenvalue weighted by Crippen LogP contribution is 2.18. The second-order valence-corrected chi connectivity index (χ2v) is 5.04. The van der Waals surface area contributed by atoms with E-state index in [1.165, 1.54) is 29.2 Å². The van der Waals surface area contributed by atoms with Crippen molar-refractivity contribution in [2.75, 3.05) is 6.61 Å². The molecule has 0 saturated heterocycles. The van der Waals surface area contributed by atoms with Gasteiger partial charge in [0.2, 0.25) is 0 Å². The molecule has 122 valence electrons. The molecular formula is C16H14FN5O2. The van der Waals surface area contributed by atoms with Crippen LogP contribution in [-0.2, 0) is 0 Å². The number of hydrogen-bond acceptors (Lipinski definition) is 5. The summed E-state index contributed by atoms with van der Waals surface area (Å²) in [6.45, 7) is -0.267. The fourth-order valence-electron chi connectivity index (χ4n) is 2.31. The largest absolute Gasteiger partial charge is 0.394 e. The highest BCUT2D eigenvalue weighted by Gasteiger charge is 2.19. The van der Waals surface area contributed by atoms with E-state index in [9.17, 15) is 14.3 Å². The van der Waals surface area contributed by atoms with Crippen molar-refractivity contribution in [1.82, 2.24) is 25.5 Å². The zero-order chi connectivity index (χ0) is 16.9. The predicted molar refractivity (Wildman–Crippen MR) is 82.8 cm³/mol. The molecule has 7 nitrogen and oxygen atoms in total. The van der Waals surface area contributed by atoms with Gasteiger partial charge in [0, 0.05) is 6.07 Å². The molecule has 3 aromatic rings. The minimum Gasteiger partial charge on any atom is -0.394 e. The van der Waals surface area contributed by atoms with Crippen LogP contribution in [0.4, 0.5) is 4.39 Å². The number of aliphatic hydroxyl groups is 1. The van der Waals surface area contributed by atoms with Gasteiger partial charge in [-0.25, -0.2) is 4.39 Å². The van der Waals surface area contributed by atoms with Gasteiger partial charge in [0.05, 0.1) is 23.9 Å². The van der Waals surface area contributed by atoms with Crippen molar-refractivity contribution in [2.24, 2.45) is 0 Å². The zero-order valence-corrected chi connectivity index (χ0v) is 12.5. The van der Waals surface area contributed by atoms with Crippen molar-refractivity contribution in [3.63, 3.8) is 0 Å².